The minimum Gasteiger partial charge on any atom is -0.381 e. The van der Waals surface area contributed by atoms with Gasteiger partial charge >= 0.3 is 0 Å². The van der Waals surface area contributed by atoms with E-state index in [1.54, 1.807) is 0 Å². The van der Waals surface area contributed by atoms with Gasteiger partial charge in [0.05, 0.1) is 16.1 Å². The standard InChI is InChI=1S/C11H16BrN3OS/c12-9-6-15(14-10(9)13)8-1-3-16-11(5-8)2-4-17-7-11/h6,8H,1-5,7H2,(H2,13,14). The van der Waals surface area contributed by atoms with Gasteiger partial charge in [0.1, 0.15) is 0 Å². The average molecular weight is 318 g/mol. The van der Waals surface area contributed by atoms with Crippen LogP contribution in [0.2, 0.25) is 0 Å². The largest absolute Gasteiger partial charge is 0.381 e. The quantitative estimate of drug-likeness (QED) is 0.864. The number of nitrogens with two attached hydrogens (primary N) is 1. The summed E-state index contributed by atoms with van der Waals surface area (Å²) in [5, 5.41) is 4.37. The van der Waals surface area contributed by atoms with Crippen molar-refractivity contribution in [2.24, 2.45) is 0 Å². The molecule has 94 valence electrons. The highest BCUT2D eigenvalue weighted by Crippen LogP contribution is 2.42. The molecule has 1 spiro atoms. The fourth-order valence-electron chi connectivity index (χ4n) is 2.66. The molecule has 0 saturated carbocycles. The lowest BCUT2D eigenvalue weighted by Gasteiger charge is -2.37. The molecule has 0 aromatic carbocycles. The van der Waals surface area contributed by atoms with Gasteiger partial charge in [0, 0.05) is 18.6 Å². The first kappa shape index (κ1) is 11.9. The summed E-state index contributed by atoms with van der Waals surface area (Å²) in [6.07, 6.45) is 5.25. The van der Waals surface area contributed by atoms with Crippen molar-refractivity contribution in [3.63, 3.8) is 0 Å². The third kappa shape index (κ3) is 2.22. The first-order chi connectivity index (χ1) is 8.19. The van der Waals surface area contributed by atoms with E-state index in [1.165, 1.54) is 12.2 Å². The summed E-state index contributed by atoms with van der Waals surface area (Å²) in [6.45, 7) is 0.836. The number of hydrogen-bond donors (Lipinski definition) is 1. The highest BCUT2D eigenvalue weighted by Gasteiger charge is 2.41. The Labute approximate surface area is 113 Å². The second-order valence-electron chi connectivity index (χ2n) is 4.82. The molecule has 2 fully saturated rings. The lowest BCUT2D eigenvalue weighted by molar-refractivity contribution is -0.0778. The molecule has 0 aliphatic carbocycles. The van der Waals surface area contributed by atoms with Crippen LogP contribution in [0.1, 0.15) is 25.3 Å². The number of thioether (sulfide) groups is 1. The summed E-state index contributed by atoms with van der Waals surface area (Å²) in [5.41, 5.74) is 5.88. The third-order valence-electron chi connectivity index (χ3n) is 3.62. The monoisotopic (exact) mass is 317 g/mol. The van der Waals surface area contributed by atoms with Gasteiger partial charge in [-0.15, -0.1) is 0 Å². The molecular weight excluding hydrogens is 302 g/mol. The van der Waals surface area contributed by atoms with Crippen LogP contribution < -0.4 is 5.73 Å². The van der Waals surface area contributed by atoms with E-state index in [2.05, 4.69) is 21.0 Å². The first-order valence-corrected chi connectivity index (χ1v) is 7.85. The summed E-state index contributed by atoms with van der Waals surface area (Å²) in [7, 11) is 0. The second-order valence-corrected chi connectivity index (χ2v) is 6.78. The van der Waals surface area contributed by atoms with E-state index in [4.69, 9.17) is 10.5 Å². The van der Waals surface area contributed by atoms with E-state index in [0.717, 1.165) is 29.7 Å². The molecule has 0 radical (unpaired) electrons. The van der Waals surface area contributed by atoms with Gasteiger partial charge in [-0.3, -0.25) is 4.68 Å². The molecule has 3 rings (SSSR count). The predicted octanol–water partition coefficient (Wildman–Crippen LogP) is 2.46. The molecule has 0 bridgehead atoms. The van der Waals surface area contributed by atoms with Gasteiger partial charge in [0.15, 0.2) is 5.82 Å². The Kier molecular flexibility index (Phi) is 3.13. The van der Waals surface area contributed by atoms with Gasteiger partial charge in [0.2, 0.25) is 0 Å². The van der Waals surface area contributed by atoms with Crippen LogP contribution in [0.3, 0.4) is 0 Å². The van der Waals surface area contributed by atoms with Crippen molar-refractivity contribution < 1.29 is 4.74 Å². The van der Waals surface area contributed by atoms with E-state index in [9.17, 15) is 0 Å². The van der Waals surface area contributed by atoms with Crippen molar-refractivity contribution in [3.8, 4) is 0 Å². The number of nitrogen functional groups attached to an aromatic ring is 1. The van der Waals surface area contributed by atoms with Gasteiger partial charge in [0.25, 0.3) is 0 Å². The number of aromatic nitrogens is 2. The molecule has 2 unspecified atom stereocenters. The zero-order valence-corrected chi connectivity index (χ0v) is 12.0. The van der Waals surface area contributed by atoms with Crippen LogP contribution in [-0.4, -0.2) is 33.5 Å². The van der Waals surface area contributed by atoms with Crippen molar-refractivity contribution in [3.05, 3.63) is 10.7 Å². The number of ether oxygens (including phenoxy) is 1. The first-order valence-electron chi connectivity index (χ1n) is 5.90. The smallest absolute Gasteiger partial charge is 0.159 e. The molecule has 1 aromatic rings. The molecule has 3 heterocycles. The van der Waals surface area contributed by atoms with Crippen LogP contribution in [0.5, 0.6) is 0 Å². The van der Waals surface area contributed by atoms with E-state index in [-0.39, 0.29) is 5.60 Å². The van der Waals surface area contributed by atoms with E-state index in [0.29, 0.717) is 11.9 Å². The topological polar surface area (TPSA) is 53.1 Å². The lowest BCUT2D eigenvalue weighted by atomic mass is 9.90. The Morgan fingerprint density at radius 1 is 1.65 bits per heavy atom. The van der Waals surface area contributed by atoms with Crippen molar-refractivity contribution in [2.75, 3.05) is 23.8 Å². The minimum atomic E-state index is 0.0980. The fourth-order valence-corrected chi connectivity index (χ4v) is 4.33. The zero-order valence-electron chi connectivity index (χ0n) is 9.56. The van der Waals surface area contributed by atoms with Gasteiger partial charge in [-0.2, -0.15) is 16.9 Å². The Bertz CT molecular complexity index is 397. The maximum atomic E-state index is 6.01. The molecule has 2 N–H and O–H groups in total. The minimum absolute atomic E-state index is 0.0980. The fraction of sp³-hybridized carbons (Fsp3) is 0.727. The molecule has 2 aliphatic rings. The third-order valence-corrected chi connectivity index (χ3v) is 5.46. The van der Waals surface area contributed by atoms with Gasteiger partial charge in [-0.05, 0) is 40.9 Å². The maximum absolute atomic E-state index is 6.01. The summed E-state index contributed by atoms with van der Waals surface area (Å²) in [4.78, 5) is 0. The Hall–Kier alpha value is -0.200. The molecule has 2 atom stereocenters. The van der Waals surface area contributed by atoms with Crippen LogP contribution in [0.4, 0.5) is 5.82 Å². The summed E-state index contributed by atoms with van der Waals surface area (Å²) in [5.74, 6) is 2.92. The highest BCUT2D eigenvalue weighted by molar-refractivity contribution is 9.10. The van der Waals surface area contributed by atoms with Crippen molar-refractivity contribution in [2.45, 2.75) is 30.9 Å². The molecule has 0 amide bonds. The van der Waals surface area contributed by atoms with Gasteiger partial charge < -0.3 is 10.5 Å². The number of halogens is 1. The van der Waals surface area contributed by atoms with E-state index in [1.807, 2.05) is 22.6 Å². The van der Waals surface area contributed by atoms with Crippen LogP contribution in [0.15, 0.2) is 10.7 Å². The summed E-state index contributed by atoms with van der Waals surface area (Å²) in [6, 6.07) is 0.427. The number of nitrogens with zero attached hydrogens (tertiary/aromatic N) is 2. The van der Waals surface area contributed by atoms with E-state index >= 15 is 0 Å². The summed E-state index contributed by atoms with van der Waals surface area (Å²) < 4.78 is 8.90. The van der Waals surface area contributed by atoms with Crippen LogP contribution in [0, 0.1) is 0 Å². The molecule has 6 heteroatoms. The normalized spacial score (nSPS) is 33.4. The molecular formula is C11H16BrN3OS. The molecule has 4 nitrogen and oxygen atoms in total. The van der Waals surface area contributed by atoms with Gasteiger partial charge in [-0.25, -0.2) is 0 Å². The van der Waals surface area contributed by atoms with Crippen LogP contribution >= 0.6 is 27.7 Å². The highest BCUT2D eigenvalue weighted by atomic mass is 79.9. The summed E-state index contributed by atoms with van der Waals surface area (Å²) >= 11 is 5.41. The molecule has 1 aromatic heterocycles. The van der Waals surface area contributed by atoms with Crippen LogP contribution in [0.25, 0.3) is 0 Å². The second kappa shape index (κ2) is 4.48. The van der Waals surface area contributed by atoms with Gasteiger partial charge in [-0.1, -0.05) is 0 Å². The molecule has 2 aliphatic heterocycles. The maximum Gasteiger partial charge on any atom is 0.159 e. The molecule has 2 saturated heterocycles. The lowest BCUT2D eigenvalue weighted by Crippen LogP contribution is -2.40. The Balaban J connectivity index is 1.79. The van der Waals surface area contributed by atoms with Crippen molar-refractivity contribution in [1.29, 1.82) is 0 Å². The van der Waals surface area contributed by atoms with Crippen molar-refractivity contribution in [1.82, 2.24) is 9.78 Å². The predicted molar refractivity (Wildman–Crippen MR) is 73.2 cm³/mol. The zero-order chi connectivity index (χ0) is 11.9. The average Bonchev–Trinajstić information content (AvgIpc) is 2.88. The van der Waals surface area contributed by atoms with E-state index < -0.39 is 0 Å². The number of rotatable bonds is 1. The van der Waals surface area contributed by atoms with Crippen molar-refractivity contribution >= 4 is 33.5 Å². The molecule has 17 heavy (non-hydrogen) atoms. The Morgan fingerprint density at radius 3 is 3.18 bits per heavy atom. The number of anilines is 1. The number of hydrogen-bond acceptors (Lipinski definition) is 4. The SMILES string of the molecule is Nc1nn(C2CCOC3(CCSC3)C2)cc1Br. The van der Waals surface area contributed by atoms with Crippen LogP contribution in [-0.2, 0) is 4.74 Å². The Morgan fingerprint density at radius 2 is 2.53 bits per heavy atom.